The summed E-state index contributed by atoms with van der Waals surface area (Å²) in [5.41, 5.74) is 2.33. The third kappa shape index (κ3) is 2.57. The minimum Gasteiger partial charge on any atom is -0.324 e. The molecule has 0 unspecified atom stereocenters. The number of rotatable bonds is 3. The van der Waals surface area contributed by atoms with Crippen molar-refractivity contribution in [1.82, 2.24) is 9.97 Å². The fraction of sp³-hybridized carbons (Fsp3) is 0.231. The quantitative estimate of drug-likeness (QED) is 0.849. The van der Waals surface area contributed by atoms with Crippen molar-refractivity contribution < 1.29 is 0 Å². The molecule has 1 N–H and O–H groups in total. The summed E-state index contributed by atoms with van der Waals surface area (Å²) in [5, 5.41) is 3.18. The third-order valence-corrected chi connectivity index (χ3v) is 2.38. The number of nitrogens with zero attached hydrogens (tertiary/aromatic N) is 2. The molecular weight excluding hydrogens is 198 g/mol. The van der Waals surface area contributed by atoms with Gasteiger partial charge in [0, 0.05) is 18.1 Å². The fourth-order valence-corrected chi connectivity index (χ4v) is 1.47. The zero-order valence-corrected chi connectivity index (χ0v) is 9.51. The highest BCUT2D eigenvalue weighted by Crippen LogP contribution is 2.19. The van der Waals surface area contributed by atoms with Crippen LogP contribution in [-0.4, -0.2) is 9.97 Å². The van der Waals surface area contributed by atoms with Crippen LogP contribution in [0.15, 0.2) is 42.7 Å². The lowest BCUT2D eigenvalue weighted by Gasteiger charge is -2.08. The Balaban J connectivity index is 2.19. The van der Waals surface area contributed by atoms with Gasteiger partial charge in [-0.05, 0) is 29.7 Å². The van der Waals surface area contributed by atoms with E-state index in [1.54, 1.807) is 18.5 Å². The Morgan fingerprint density at radius 2 is 1.81 bits per heavy atom. The number of hydrogen-bond donors (Lipinski definition) is 1. The number of benzene rings is 1. The van der Waals surface area contributed by atoms with Crippen LogP contribution >= 0.6 is 0 Å². The Labute approximate surface area is 95.6 Å². The Hall–Kier alpha value is -1.90. The molecule has 1 heterocycles. The van der Waals surface area contributed by atoms with Crippen LogP contribution in [-0.2, 0) is 0 Å². The van der Waals surface area contributed by atoms with Crippen LogP contribution in [0.5, 0.6) is 0 Å². The van der Waals surface area contributed by atoms with Gasteiger partial charge in [-0.25, -0.2) is 9.97 Å². The van der Waals surface area contributed by atoms with Crippen molar-refractivity contribution in [2.24, 2.45) is 0 Å². The van der Waals surface area contributed by atoms with Gasteiger partial charge in [-0.3, -0.25) is 0 Å². The van der Waals surface area contributed by atoms with Crippen LogP contribution in [0.3, 0.4) is 0 Å². The van der Waals surface area contributed by atoms with E-state index in [0.29, 0.717) is 11.9 Å². The Morgan fingerprint density at radius 1 is 1.06 bits per heavy atom. The number of aromatic nitrogens is 2. The number of anilines is 2. The molecule has 2 rings (SSSR count). The summed E-state index contributed by atoms with van der Waals surface area (Å²) in [6.45, 7) is 4.36. The van der Waals surface area contributed by atoms with Crippen LogP contribution in [0.1, 0.15) is 25.3 Å². The first-order valence-corrected chi connectivity index (χ1v) is 5.40. The van der Waals surface area contributed by atoms with E-state index in [9.17, 15) is 0 Å². The SMILES string of the molecule is CC(C)c1cccc(Nc2ncccn2)c1. The largest absolute Gasteiger partial charge is 0.324 e. The molecular formula is C13H15N3. The summed E-state index contributed by atoms with van der Waals surface area (Å²) in [6.07, 6.45) is 3.45. The van der Waals surface area contributed by atoms with Crippen molar-refractivity contribution in [3.05, 3.63) is 48.3 Å². The number of nitrogens with one attached hydrogen (secondary N) is 1. The van der Waals surface area contributed by atoms with Crippen molar-refractivity contribution in [2.75, 3.05) is 5.32 Å². The molecule has 0 radical (unpaired) electrons. The number of hydrogen-bond acceptors (Lipinski definition) is 3. The summed E-state index contributed by atoms with van der Waals surface area (Å²) in [7, 11) is 0. The van der Waals surface area contributed by atoms with E-state index in [1.807, 2.05) is 12.1 Å². The first kappa shape index (κ1) is 10.6. The van der Waals surface area contributed by atoms with Crippen LogP contribution in [0.2, 0.25) is 0 Å². The summed E-state index contributed by atoms with van der Waals surface area (Å²) < 4.78 is 0. The van der Waals surface area contributed by atoms with Crippen LogP contribution in [0.4, 0.5) is 11.6 Å². The van der Waals surface area contributed by atoms with Gasteiger partial charge < -0.3 is 5.32 Å². The van der Waals surface area contributed by atoms with Gasteiger partial charge >= 0.3 is 0 Å². The summed E-state index contributed by atoms with van der Waals surface area (Å²) >= 11 is 0. The van der Waals surface area contributed by atoms with Crippen LogP contribution < -0.4 is 5.32 Å². The minimum absolute atomic E-state index is 0.526. The molecule has 3 heteroatoms. The molecule has 0 saturated heterocycles. The van der Waals surface area contributed by atoms with Crippen LogP contribution in [0, 0.1) is 0 Å². The summed E-state index contributed by atoms with van der Waals surface area (Å²) in [4.78, 5) is 8.25. The first-order chi connectivity index (χ1) is 7.75. The van der Waals surface area contributed by atoms with Gasteiger partial charge in [0.25, 0.3) is 0 Å². The maximum absolute atomic E-state index is 4.13. The molecule has 0 aliphatic rings. The van der Waals surface area contributed by atoms with Gasteiger partial charge in [-0.2, -0.15) is 0 Å². The lowest BCUT2D eigenvalue weighted by molar-refractivity contribution is 0.867. The van der Waals surface area contributed by atoms with Crippen LogP contribution in [0.25, 0.3) is 0 Å². The Kier molecular flexibility index (Phi) is 3.15. The molecule has 0 amide bonds. The average Bonchev–Trinajstić information content (AvgIpc) is 2.30. The molecule has 0 aliphatic heterocycles. The maximum Gasteiger partial charge on any atom is 0.227 e. The standard InChI is InChI=1S/C13H15N3/c1-10(2)11-5-3-6-12(9-11)16-13-14-7-4-8-15-13/h3-10H,1-2H3,(H,14,15,16). The molecule has 0 spiro atoms. The van der Waals surface area contributed by atoms with E-state index in [2.05, 4.69) is 41.3 Å². The summed E-state index contributed by atoms with van der Waals surface area (Å²) in [5.74, 6) is 1.15. The Morgan fingerprint density at radius 3 is 2.50 bits per heavy atom. The lowest BCUT2D eigenvalue weighted by atomic mass is 10.0. The molecule has 0 saturated carbocycles. The lowest BCUT2D eigenvalue weighted by Crippen LogP contribution is -1.96. The normalized spacial score (nSPS) is 10.4. The van der Waals surface area contributed by atoms with Crippen molar-refractivity contribution in [3.8, 4) is 0 Å². The highest BCUT2D eigenvalue weighted by Gasteiger charge is 2.01. The van der Waals surface area contributed by atoms with E-state index in [1.165, 1.54) is 5.56 Å². The van der Waals surface area contributed by atoms with Gasteiger partial charge in [0.15, 0.2) is 0 Å². The highest BCUT2D eigenvalue weighted by atomic mass is 15.1. The van der Waals surface area contributed by atoms with E-state index in [0.717, 1.165) is 5.69 Å². The second-order valence-corrected chi connectivity index (χ2v) is 3.98. The zero-order valence-electron chi connectivity index (χ0n) is 9.51. The predicted octanol–water partition coefficient (Wildman–Crippen LogP) is 3.34. The van der Waals surface area contributed by atoms with E-state index in [-0.39, 0.29) is 0 Å². The van der Waals surface area contributed by atoms with Gasteiger partial charge in [0.2, 0.25) is 5.95 Å². The van der Waals surface area contributed by atoms with E-state index in [4.69, 9.17) is 0 Å². The average molecular weight is 213 g/mol. The van der Waals surface area contributed by atoms with Crippen molar-refractivity contribution in [3.63, 3.8) is 0 Å². The molecule has 3 nitrogen and oxygen atoms in total. The zero-order chi connectivity index (χ0) is 11.4. The smallest absolute Gasteiger partial charge is 0.227 e. The van der Waals surface area contributed by atoms with Gasteiger partial charge in [0.1, 0.15) is 0 Å². The third-order valence-electron chi connectivity index (χ3n) is 2.38. The van der Waals surface area contributed by atoms with E-state index < -0.39 is 0 Å². The molecule has 0 fully saturated rings. The Bertz CT molecular complexity index is 452. The second-order valence-electron chi connectivity index (χ2n) is 3.98. The minimum atomic E-state index is 0.526. The highest BCUT2D eigenvalue weighted by molar-refractivity contribution is 5.54. The first-order valence-electron chi connectivity index (χ1n) is 5.40. The van der Waals surface area contributed by atoms with Crippen molar-refractivity contribution in [2.45, 2.75) is 19.8 Å². The molecule has 1 aromatic heterocycles. The molecule has 0 bridgehead atoms. The van der Waals surface area contributed by atoms with Gasteiger partial charge in [-0.1, -0.05) is 26.0 Å². The van der Waals surface area contributed by atoms with Gasteiger partial charge in [-0.15, -0.1) is 0 Å². The summed E-state index contributed by atoms with van der Waals surface area (Å²) in [6, 6.07) is 10.1. The maximum atomic E-state index is 4.13. The molecule has 16 heavy (non-hydrogen) atoms. The molecule has 82 valence electrons. The molecule has 0 aliphatic carbocycles. The van der Waals surface area contributed by atoms with Gasteiger partial charge in [0.05, 0.1) is 0 Å². The second kappa shape index (κ2) is 4.75. The van der Waals surface area contributed by atoms with E-state index >= 15 is 0 Å². The molecule has 2 aromatic rings. The predicted molar refractivity (Wildman–Crippen MR) is 65.8 cm³/mol. The fourth-order valence-electron chi connectivity index (χ4n) is 1.47. The monoisotopic (exact) mass is 213 g/mol. The van der Waals surface area contributed by atoms with Crippen molar-refractivity contribution in [1.29, 1.82) is 0 Å². The topological polar surface area (TPSA) is 37.8 Å². The molecule has 0 atom stereocenters. The van der Waals surface area contributed by atoms with Crippen molar-refractivity contribution >= 4 is 11.6 Å². The molecule has 1 aromatic carbocycles.